The molecule has 3 rings (SSSR count). The summed E-state index contributed by atoms with van der Waals surface area (Å²) in [6.45, 7) is 4.80. The van der Waals surface area contributed by atoms with Gasteiger partial charge >= 0.3 is 6.09 Å². The quantitative estimate of drug-likeness (QED) is 0.858. The number of aromatic nitrogens is 2. The van der Waals surface area contributed by atoms with Crippen molar-refractivity contribution in [1.29, 1.82) is 0 Å². The summed E-state index contributed by atoms with van der Waals surface area (Å²) in [5.74, 6) is 1.11. The lowest BCUT2D eigenvalue weighted by Gasteiger charge is -2.30. The molecule has 2 aliphatic rings. The van der Waals surface area contributed by atoms with Crippen molar-refractivity contribution in [2.24, 2.45) is 0 Å². The second-order valence-corrected chi connectivity index (χ2v) is 6.26. The molecule has 8 nitrogen and oxygen atoms in total. The predicted octanol–water partition coefficient (Wildman–Crippen LogP) is 1.44. The Kier molecular flexibility index (Phi) is 5.34. The molecule has 0 spiro atoms. The minimum absolute atomic E-state index is 0.0269. The van der Waals surface area contributed by atoms with Gasteiger partial charge in [-0.2, -0.15) is 0 Å². The molecule has 2 fully saturated rings. The Morgan fingerprint density at radius 1 is 1.12 bits per heavy atom. The van der Waals surface area contributed by atoms with Crippen LogP contribution in [0.15, 0.2) is 6.33 Å². The first-order valence-electron chi connectivity index (χ1n) is 8.47. The van der Waals surface area contributed by atoms with Crippen molar-refractivity contribution in [2.75, 3.05) is 26.2 Å². The van der Waals surface area contributed by atoms with Gasteiger partial charge in [-0.05, 0) is 32.9 Å². The summed E-state index contributed by atoms with van der Waals surface area (Å²) in [5.41, 5.74) is 0.802. The predicted molar refractivity (Wildman–Crippen MR) is 86.5 cm³/mol. The fourth-order valence-electron chi connectivity index (χ4n) is 3.05. The average molecular weight is 336 g/mol. The van der Waals surface area contributed by atoms with Crippen molar-refractivity contribution in [1.82, 2.24) is 20.2 Å². The SMILES string of the molecule is Cc1c(OC2CCNCC2)ncnc1OC1CCN(C(=O)O)CC1. The summed E-state index contributed by atoms with van der Waals surface area (Å²) in [4.78, 5) is 20.8. The zero-order valence-corrected chi connectivity index (χ0v) is 13.9. The van der Waals surface area contributed by atoms with E-state index < -0.39 is 6.09 Å². The maximum atomic E-state index is 11.0. The van der Waals surface area contributed by atoms with Crippen molar-refractivity contribution in [3.8, 4) is 11.8 Å². The molecule has 0 atom stereocenters. The van der Waals surface area contributed by atoms with E-state index >= 15 is 0 Å². The lowest BCUT2D eigenvalue weighted by molar-refractivity contribution is 0.0858. The summed E-state index contributed by atoms with van der Waals surface area (Å²) in [5, 5.41) is 12.3. The highest BCUT2D eigenvalue weighted by Gasteiger charge is 2.25. The molecule has 1 amide bonds. The molecule has 0 aromatic carbocycles. The monoisotopic (exact) mass is 336 g/mol. The van der Waals surface area contributed by atoms with Crippen LogP contribution in [0.25, 0.3) is 0 Å². The van der Waals surface area contributed by atoms with Crippen LogP contribution in [0, 0.1) is 6.92 Å². The number of likely N-dealkylation sites (tertiary alicyclic amines) is 1. The number of hydrogen-bond donors (Lipinski definition) is 2. The number of carbonyl (C=O) groups is 1. The second-order valence-electron chi connectivity index (χ2n) is 6.26. The number of nitrogens with one attached hydrogen (secondary N) is 1. The summed E-state index contributed by atoms with van der Waals surface area (Å²) in [7, 11) is 0. The normalized spacial score (nSPS) is 20.0. The largest absolute Gasteiger partial charge is 0.474 e. The molecule has 0 unspecified atom stereocenters. The number of piperidine rings is 2. The van der Waals surface area contributed by atoms with E-state index in [9.17, 15) is 4.79 Å². The van der Waals surface area contributed by atoms with Crippen molar-refractivity contribution >= 4 is 6.09 Å². The second kappa shape index (κ2) is 7.65. The van der Waals surface area contributed by atoms with E-state index in [4.69, 9.17) is 14.6 Å². The van der Waals surface area contributed by atoms with Gasteiger partial charge in [0.2, 0.25) is 11.8 Å². The molecule has 24 heavy (non-hydrogen) atoms. The van der Waals surface area contributed by atoms with Crippen molar-refractivity contribution in [3.63, 3.8) is 0 Å². The van der Waals surface area contributed by atoms with Crippen molar-refractivity contribution in [2.45, 2.75) is 44.8 Å². The summed E-state index contributed by atoms with van der Waals surface area (Å²) >= 11 is 0. The minimum Gasteiger partial charge on any atom is -0.474 e. The fourth-order valence-corrected chi connectivity index (χ4v) is 3.05. The number of amides is 1. The molecule has 0 bridgehead atoms. The van der Waals surface area contributed by atoms with Crippen LogP contribution in [-0.4, -0.2) is 64.5 Å². The van der Waals surface area contributed by atoms with E-state index in [-0.39, 0.29) is 12.2 Å². The van der Waals surface area contributed by atoms with E-state index in [0.717, 1.165) is 31.5 Å². The molecule has 2 saturated heterocycles. The van der Waals surface area contributed by atoms with Gasteiger partial charge in [0.15, 0.2) is 0 Å². The van der Waals surface area contributed by atoms with Crippen LogP contribution in [0.1, 0.15) is 31.2 Å². The van der Waals surface area contributed by atoms with Crippen LogP contribution in [0.5, 0.6) is 11.8 Å². The minimum atomic E-state index is -0.871. The first-order valence-corrected chi connectivity index (χ1v) is 8.47. The Bertz CT molecular complexity index is 569. The number of carboxylic acid groups (broad SMARTS) is 1. The van der Waals surface area contributed by atoms with Crippen molar-refractivity contribution in [3.05, 3.63) is 11.9 Å². The fraction of sp³-hybridized carbons (Fsp3) is 0.688. The van der Waals surface area contributed by atoms with Gasteiger partial charge in [0.05, 0.1) is 5.56 Å². The van der Waals surface area contributed by atoms with Crippen LogP contribution >= 0.6 is 0 Å². The zero-order chi connectivity index (χ0) is 16.9. The first kappa shape index (κ1) is 16.8. The van der Waals surface area contributed by atoms with Gasteiger partial charge < -0.3 is 24.8 Å². The van der Waals surface area contributed by atoms with E-state index in [2.05, 4.69) is 15.3 Å². The third kappa shape index (κ3) is 4.05. The third-order valence-corrected chi connectivity index (χ3v) is 4.55. The first-order chi connectivity index (χ1) is 11.6. The smallest absolute Gasteiger partial charge is 0.407 e. The Morgan fingerprint density at radius 3 is 2.21 bits per heavy atom. The van der Waals surface area contributed by atoms with Gasteiger partial charge in [-0.3, -0.25) is 0 Å². The molecule has 2 N–H and O–H groups in total. The Morgan fingerprint density at radius 2 is 1.67 bits per heavy atom. The third-order valence-electron chi connectivity index (χ3n) is 4.55. The highest BCUT2D eigenvalue weighted by atomic mass is 16.5. The topological polar surface area (TPSA) is 96.8 Å². The molecule has 0 radical (unpaired) electrons. The molecule has 2 aliphatic heterocycles. The molecule has 8 heteroatoms. The molecule has 3 heterocycles. The van der Waals surface area contributed by atoms with Gasteiger partial charge in [0, 0.05) is 25.9 Å². The van der Waals surface area contributed by atoms with Crippen molar-refractivity contribution < 1.29 is 19.4 Å². The van der Waals surface area contributed by atoms with Crippen LogP contribution in [-0.2, 0) is 0 Å². The van der Waals surface area contributed by atoms with E-state index in [1.165, 1.54) is 11.2 Å². The average Bonchev–Trinajstić information content (AvgIpc) is 2.60. The standard InChI is InChI=1S/C16H24N4O4/c1-11-14(23-12-2-6-17-7-3-12)18-10-19-15(11)24-13-4-8-20(9-5-13)16(21)22/h10,12-13,17H,2-9H2,1H3,(H,21,22). The number of rotatable bonds is 4. The Labute approximate surface area is 141 Å². The van der Waals surface area contributed by atoms with Gasteiger partial charge in [-0.15, -0.1) is 0 Å². The lowest BCUT2D eigenvalue weighted by Crippen LogP contribution is -2.41. The molecule has 0 aliphatic carbocycles. The maximum absolute atomic E-state index is 11.0. The van der Waals surface area contributed by atoms with Crippen LogP contribution < -0.4 is 14.8 Å². The molecule has 132 valence electrons. The van der Waals surface area contributed by atoms with Gasteiger partial charge in [-0.25, -0.2) is 14.8 Å². The molecular weight excluding hydrogens is 312 g/mol. The highest BCUT2D eigenvalue weighted by Crippen LogP contribution is 2.27. The molecule has 0 saturated carbocycles. The Balaban J connectivity index is 1.60. The van der Waals surface area contributed by atoms with Crippen LogP contribution in [0.2, 0.25) is 0 Å². The summed E-state index contributed by atoms with van der Waals surface area (Å²) in [6, 6.07) is 0. The zero-order valence-electron chi connectivity index (χ0n) is 13.9. The molecule has 1 aromatic heterocycles. The van der Waals surface area contributed by atoms with Gasteiger partial charge in [-0.1, -0.05) is 0 Å². The van der Waals surface area contributed by atoms with E-state index in [1.54, 1.807) is 0 Å². The van der Waals surface area contributed by atoms with Crippen LogP contribution in [0.4, 0.5) is 4.79 Å². The van der Waals surface area contributed by atoms with Gasteiger partial charge in [0.1, 0.15) is 18.5 Å². The summed E-state index contributed by atoms with van der Waals surface area (Å²) < 4.78 is 12.0. The highest BCUT2D eigenvalue weighted by molar-refractivity contribution is 5.65. The number of ether oxygens (including phenoxy) is 2. The molecule has 1 aromatic rings. The van der Waals surface area contributed by atoms with E-state index in [0.29, 0.717) is 37.7 Å². The lowest BCUT2D eigenvalue weighted by atomic mass is 10.1. The van der Waals surface area contributed by atoms with E-state index in [1.807, 2.05) is 6.92 Å². The number of nitrogens with zero attached hydrogens (tertiary/aromatic N) is 3. The Hall–Kier alpha value is -2.09. The van der Waals surface area contributed by atoms with Gasteiger partial charge in [0.25, 0.3) is 0 Å². The number of hydrogen-bond acceptors (Lipinski definition) is 6. The van der Waals surface area contributed by atoms with Crippen LogP contribution in [0.3, 0.4) is 0 Å². The molecular formula is C16H24N4O4. The maximum Gasteiger partial charge on any atom is 0.407 e. The summed E-state index contributed by atoms with van der Waals surface area (Å²) in [6.07, 6.45) is 4.00.